The van der Waals surface area contributed by atoms with Crippen molar-refractivity contribution in [1.82, 2.24) is 15.5 Å². The van der Waals surface area contributed by atoms with E-state index in [4.69, 9.17) is 0 Å². The molecule has 1 aliphatic rings. The SMILES string of the molecule is O=C(NC[C@@H]1CCS(=O)(=O)C1)c1cc(-c2ccc(O)cc2)n[nH]1. The number of aromatic nitrogens is 2. The molecule has 0 radical (unpaired) electrons. The number of rotatable bonds is 4. The molecule has 3 N–H and O–H groups in total. The first kappa shape index (κ1) is 15.5. The van der Waals surface area contributed by atoms with Crippen LogP contribution in [0.25, 0.3) is 11.3 Å². The molecule has 1 fully saturated rings. The second-order valence-electron chi connectivity index (χ2n) is 5.69. The number of sulfone groups is 1. The van der Waals surface area contributed by atoms with E-state index >= 15 is 0 Å². The fourth-order valence-electron chi connectivity index (χ4n) is 2.58. The van der Waals surface area contributed by atoms with Gasteiger partial charge < -0.3 is 10.4 Å². The fourth-order valence-corrected chi connectivity index (χ4v) is 4.45. The quantitative estimate of drug-likeness (QED) is 0.770. The topological polar surface area (TPSA) is 112 Å². The second-order valence-corrected chi connectivity index (χ2v) is 7.92. The lowest BCUT2D eigenvalue weighted by molar-refractivity contribution is 0.0943. The largest absolute Gasteiger partial charge is 0.508 e. The minimum Gasteiger partial charge on any atom is -0.508 e. The van der Waals surface area contributed by atoms with Crippen LogP contribution < -0.4 is 5.32 Å². The molecule has 2 heterocycles. The molecule has 1 aromatic heterocycles. The minimum absolute atomic E-state index is 0.0246. The van der Waals surface area contributed by atoms with Crippen LogP contribution in [0, 0.1) is 5.92 Å². The van der Waals surface area contributed by atoms with Crippen LogP contribution in [-0.2, 0) is 9.84 Å². The van der Waals surface area contributed by atoms with Crippen molar-refractivity contribution in [3.63, 3.8) is 0 Å². The second kappa shape index (κ2) is 6.04. The van der Waals surface area contributed by atoms with Gasteiger partial charge in [-0.05, 0) is 42.7 Å². The van der Waals surface area contributed by atoms with Crippen LogP contribution in [0.1, 0.15) is 16.9 Å². The number of aromatic hydroxyl groups is 1. The van der Waals surface area contributed by atoms with Gasteiger partial charge in [-0.15, -0.1) is 0 Å². The van der Waals surface area contributed by atoms with Gasteiger partial charge in [-0.3, -0.25) is 9.89 Å². The summed E-state index contributed by atoms with van der Waals surface area (Å²) in [6, 6.07) is 8.12. The molecular weight excluding hydrogens is 318 g/mol. The zero-order valence-electron chi connectivity index (χ0n) is 12.3. The lowest BCUT2D eigenvalue weighted by Crippen LogP contribution is -2.30. The molecule has 0 spiro atoms. The molecule has 2 aromatic rings. The highest BCUT2D eigenvalue weighted by molar-refractivity contribution is 7.91. The zero-order chi connectivity index (χ0) is 16.4. The number of carbonyl (C=O) groups is 1. The molecule has 7 nitrogen and oxygen atoms in total. The third-order valence-electron chi connectivity index (χ3n) is 3.86. The van der Waals surface area contributed by atoms with E-state index in [1.807, 2.05) is 0 Å². The number of carbonyl (C=O) groups excluding carboxylic acids is 1. The van der Waals surface area contributed by atoms with Crippen molar-refractivity contribution in [1.29, 1.82) is 0 Å². The average molecular weight is 335 g/mol. The van der Waals surface area contributed by atoms with E-state index in [1.54, 1.807) is 30.3 Å². The summed E-state index contributed by atoms with van der Waals surface area (Å²) in [5.74, 6) is 0.154. The van der Waals surface area contributed by atoms with Crippen molar-refractivity contribution in [2.75, 3.05) is 18.1 Å². The van der Waals surface area contributed by atoms with Crippen molar-refractivity contribution in [2.45, 2.75) is 6.42 Å². The van der Waals surface area contributed by atoms with Crippen molar-refractivity contribution in [2.24, 2.45) is 5.92 Å². The molecule has 1 aliphatic heterocycles. The molecule has 3 rings (SSSR count). The third-order valence-corrected chi connectivity index (χ3v) is 5.70. The van der Waals surface area contributed by atoms with E-state index in [1.165, 1.54) is 0 Å². The summed E-state index contributed by atoms with van der Waals surface area (Å²) in [7, 11) is -2.94. The fraction of sp³-hybridized carbons (Fsp3) is 0.333. The van der Waals surface area contributed by atoms with Crippen LogP contribution in [0.15, 0.2) is 30.3 Å². The van der Waals surface area contributed by atoms with Crippen LogP contribution in [0.4, 0.5) is 0 Å². The summed E-state index contributed by atoms with van der Waals surface area (Å²) in [5.41, 5.74) is 1.69. The third kappa shape index (κ3) is 3.70. The average Bonchev–Trinajstić information content (AvgIpc) is 3.12. The number of phenols is 1. The number of nitrogens with zero attached hydrogens (tertiary/aromatic N) is 1. The van der Waals surface area contributed by atoms with Crippen LogP contribution in [0.5, 0.6) is 5.75 Å². The number of amides is 1. The maximum atomic E-state index is 12.1. The van der Waals surface area contributed by atoms with Crippen molar-refractivity contribution < 1.29 is 18.3 Å². The van der Waals surface area contributed by atoms with Crippen molar-refractivity contribution in [3.8, 4) is 17.0 Å². The highest BCUT2D eigenvalue weighted by Crippen LogP contribution is 2.21. The molecule has 1 atom stereocenters. The van der Waals surface area contributed by atoms with Gasteiger partial charge in [0.25, 0.3) is 5.91 Å². The summed E-state index contributed by atoms with van der Waals surface area (Å²) in [5, 5.41) is 18.8. The standard InChI is InChI=1S/C15H17N3O4S/c19-12-3-1-11(2-4-12)13-7-14(18-17-13)15(20)16-8-10-5-6-23(21,22)9-10/h1-4,7,10,19H,5-6,8-9H2,(H,16,20)(H,17,18)/t10-/m0/s1. The number of hydrogen-bond acceptors (Lipinski definition) is 5. The summed E-state index contributed by atoms with van der Waals surface area (Å²) < 4.78 is 22.8. The Hall–Kier alpha value is -2.35. The molecule has 0 aliphatic carbocycles. The summed E-state index contributed by atoms with van der Waals surface area (Å²) >= 11 is 0. The Morgan fingerprint density at radius 2 is 2.09 bits per heavy atom. The van der Waals surface area contributed by atoms with Gasteiger partial charge in [0, 0.05) is 12.1 Å². The molecule has 1 aromatic carbocycles. The predicted molar refractivity (Wildman–Crippen MR) is 84.8 cm³/mol. The van der Waals surface area contributed by atoms with Gasteiger partial charge >= 0.3 is 0 Å². The van der Waals surface area contributed by atoms with Gasteiger partial charge in [0.1, 0.15) is 11.4 Å². The van der Waals surface area contributed by atoms with E-state index in [2.05, 4.69) is 15.5 Å². The first-order valence-corrected chi connectivity index (χ1v) is 9.08. The van der Waals surface area contributed by atoms with Gasteiger partial charge in [0.05, 0.1) is 17.2 Å². The van der Waals surface area contributed by atoms with Crippen molar-refractivity contribution in [3.05, 3.63) is 36.0 Å². The van der Waals surface area contributed by atoms with Crippen LogP contribution in [-0.4, -0.2) is 47.7 Å². The molecule has 8 heteroatoms. The Morgan fingerprint density at radius 1 is 1.35 bits per heavy atom. The smallest absolute Gasteiger partial charge is 0.269 e. The molecule has 122 valence electrons. The monoisotopic (exact) mass is 335 g/mol. The number of phenolic OH excluding ortho intramolecular Hbond substituents is 1. The molecule has 23 heavy (non-hydrogen) atoms. The van der Waals surface area contributed by atoms with E-state index < -0.39 is 9.84 Å². The molecule has 0 bridgehead atoms. The molecule has 0 saturated carbocycles. The lowest BCUT2D eigenvalue weighted by atomic mass is 10.1. The Labute approximate surface area is 133 Å². The van der Waals surface area contributed by atoms with Crippen LogP contribution >= 0.6 is 0 Å². The lowest BCUT2D eigenvalue weighted by Gasteiger charge is -2.08. The zero-order valence-corrected chi connectivity index (χ0v) is 13.1. The number of benzene rings is 1. The van der Waals surface area contributed by atoms with E-state index in [0.29, 0.717) is 24.4 Å². The first-order valence-electron chi connectivity index (χ1n) is 7.26. The maximum Gasteiger partial charge on any atom is 0.269 e. The molecular formula is C15H17N3O4S. The van der Waals surface area contributed by atoms with Crippen LogP contribution in [0.3, 0.4) is 0 Å². The summed E-state index contributed by atoms with van der Waals surface area (Å²) in [4.78, 5) is 12.1. The number of H-pyrrole nitrogens is 1. The molecule has 0 unspecified atom stereocenters. The molecule has 1 amide bonds. The number of aromatic amines is 1. The first-order chi connectivity index (χ1) is 10.9. The predicted octanol–water partition coefficient (Wildman–Crippen LogP) is 0.947. The maximum absolute atomic E-state index is 12.1. The Kier molecular flexibility index (Phi) is 4.08. The summed E-state index contributed by atoms with van der Waals surface area (Å²) in [6.07, 6.45) is 0.588. The van der Waals surface area contributed by atoms with Crippen molar-refractivity contribution >= 4 is 15.7 Å². The Balaban J connectivity index is 1.61. The van der Waals surface area contributed by atoms with E-state index in [0.717, 1.165) is 5.56 Å². The number of hydrogen-bond donors (Lipinski definition) is 3. The summed E-state index contributed by atoms with van der Waals surface area (Å²) in [6.45, 7) is 0.339. The van der Waals surface area contributed by atoms with Gasteiger partial charge in [-0.1, -0.05) is 0 Å². The Morgan fingerprint density at radius 3 is 2.74 bits per heavy atom. The van der Waals surface area contributed by atoms with Gasteiger partial charge in [-0.25, -0.2) is 8.42 Å². The van der Waals surface area contributed by atoms with E-state index in [-0.39, 0.29) is 29.1 Å². The minimum atomic E-state index is -2.94. The Bertz CT molecular complexity index is 812. The number of nitrogens with one attached hydrogen (secondary N) is 2. The van der Waals surface area contributed by atoms with E-state index in [9.17, 15) is 18.3 Å². The molecule has 1 saturated heterocycles. The van der Waals surface area contributed by atoms with Gasteiger partial charge in [0.2, 0.25) is 0 Å². The normalized spacial score (nSPS) is 19.6. The van der Waals surface area contributed by atoms with Crippen LogP contribution in [0.2, 0.25) is 0 Å². The highest BCUT2D eigenvalue weighted by atomic mass is 32.2. The highest BCUT2D eigenvalue weighted by Gasteiger charge is 2.28. The van der Waals surface area contributed by atoms with Gasteiger partial charge in [-0.2, -0.15) is 5.10 Å². The van der Waals surface area contributed by atoms with Gasteiger partial charge in [0.15, 0.2) is 9.84 Å².